The number of hydrogen-bond acceptors (Lipinski definition) is 5. The minimum absolute atomic E-state index is 0.213. The van der Waals surface area contributed by atoms with Crippen LogP contribution in [-0.2, 0) is 10.2 Å². The number of carboxylic acids is 1. The average molecular weight is 372 g/mol. The van der Waals surface area contributed by atoms with Crippen molar-refractivity contribution >= 4 is 5.97 Å². The highest BCUT2D eigenvalue weighted by molar-refractivity contribution is 5.72. The molecule has 146 valence electrons. The number of aliphatic carboxylic acids is 1. The normalized spacial score (nSPS) is 21.4. The maximum atomic E-state index is 11.2. The number of rotatable bonds is 6. The number of benzene rings is 1. The van der Waals surface area contributed by atoms with Crippen LogP contribution in [0.5, 0.6) is 11.5 Å². The zero-order chi connectivity index (χ0) is 19.4. The fourth-order valence-corrected chi connectivity index (χ4v) is 4.17. The highest BCUT2D eigenvalue weighted by atomic mass is 16.5. The van der Waals surface area contributed by atoms with Gasteiger partial charge in [-0.2, -0.15) is 5.26 Å². The van der Waals surface area contributed by atoms with E-state index in [2.05, 4.69) is 6.07 Å². The Bertz CT molecular complexity index is 713. The first-order chi connectivity index (χ1) is 13.0. The van der Waals surface area contributed by atoms with E-state index in [-0.39, 0.29) is 6.10 Å². The molecule has 27 heavy (non-hydrogen) atoms. The maximum Gasteiger partial charge on any atom is 0.320 e. The van der Waals surface area contributed by atoms with E-state index in [4.69, 9.17) is 9.47 Å². The summed E-state index contributed by atoms with van der Waals surface area (Å²) in [4.78, 5) is 13.2. The first-order valence-corrected chi connectivity index (χ1v) is 9.72. The number of carboxylic acid groups (broad SMARTS) is 1. The second-order valence-corrected chi connectivity index (χ2v) is 7.63. The van der Waals surface area contributed by atoms with Gasteiger partial charge in [0.1, 0.15) is 6.04 Å². The number of nitriles is 1. The van der Waals surface area contributed by atoms with Crippen LogP contribution in [0.25, 0.3) is 0 Å². The molecule has 0 amide bonds. The molecule has 1 heterocycles. The second kappa shape index (κ2) is 8.18. The van der Waals surface area contributed by atoms with Crippen molar-refractivity contribution < 1.29 is 19.4 Å². The third-order valence-electron chi connectivity index (χ3n) is 6.08. The molecule has 0 bridgehead atoms. The van der Waals surface area contributed by atoms with Crippen LogP contribution in [0.3, 0.4) is 0 Å². The molecule has 2 aliphatic rings. The van der Waals surface area contributed by atoms with Crippen molar-refractivity contribution in [2.75, 3.05) is 20.2 Å². The van der Waals surface area contributed by atoms with Crippen LogP contribution in [-0.4, -0.2) is 48.3 Å². The molecule has 0 unspecified atom stereocenters. The molecule has 0 radical (unpaired) electrons. The Hall–Kier alpha value is -2.26. The van der Waals surface area contributed by atoms with Gasteiger partial charge in [0, 0.05) is 13.1 Å². The first kappa shape index (κ1) is 19.5. The molecular weight excluding hydrogens is 344 g/mol. The average Bonchev–Trinajstić information content (AvgIpc) is 3.20. The predicted molar refractivity (Wildman–Crippen MR) is 101 cm³/mol. The molecule has 1 aromatic carbocycles. The van der Waals surface area contributed by atoms with Gasteiger partial charge in [-0.05, 0) is 63.1 Å². The number of nitrogens with zero attached hydrogens (tertiary/aromatic N) is 2. The van der Waals surface area contributed by atoms with Crippen molar-refractivity contribution in [3.8, 4) is 17.6 Å². The summed E-state index contributed by atoms with van der Waals surface area (Å²) in [6.07, 6.45) is 5.91. The van der Waals surface area contributed by atoms with Crippen molar-refractivity contribution in [3.05, 3.63) is 23.8 Å². The molecule has 1 N–H and O–H groups in total. The standard InChI is InChI=1S/C21H28N2O4/c1-15(20(24)25)23-11-9-21(14-22,10-12-23)16-7-8-18(26-2)19(13-16)27-17-5-3-4-6-17/h7-8,13,15,17H,3-6,9-12H2,1-2H3,(H,24,25)/t15-/m1/s1. The van der Waals surface area contributed by atoms with Gasteiger partial charge in [0.15, 0.2) is 11.5 Å². The SMILES string of the molecule is COc1ccc(C2(C#N)CCN([C@H](C)C(=O)O)CC2)cc1OC1CCCC1. The fraction of sp³-hybridized carbons (Fsp3) is 0.619. The van der Waals surface area contributed by atoms with Gasteiger partial charge in [-0.15, -0.1) is 0 Å². The van der Waals surface area contributed by atoms with Gasteiger partial charge < -0.3 is 14.6 Å². The molecular formula is C21H28N2O4. The zero-order valence-electron chi connectivity index (χ0n) is 16.1. The van der Waals surface area contributed by atoms with Crippen LogP contribution in [0.1, 0.15) is 51.0 Å². The fourth-order valence-electron chi connectivity index (χ4n) is 4.17. The minimum atomic E-state index is -0.823. The molecule has 1 saturated carbocycles. The Labute approximate surface area is 160 Å². The largest absolute Gasteiger partial charge is 0.493 e. The lowest BCUT2D eigenvalue weighted by Crippen LogP contribution is -2.48. The summed E-state index contributed by atoms with van der Waals surface area (Å²) < 4.78 is 11.6. The second-order valence-electron chi connectivity index (χ2n) is 7.63. The molecule has 1 atom stereocenters. The lowest BCUT2D eigenvalue weighted by Gasteiger charge is -2.39. The topological polar surface area (TPSA) is 82.8 Å². The zero-order valence-corrected chi connectivity index (χ0v) is 16.1. The van der Waals surface area contributed by atoms with Crippen molar-refractivity contribution in [2.24, 2.45) is 0 Å². The lowest BCUT2D eigenvalue weighted by atomic mass is 9.73. The van der Waals surface area contributed by atoms with E-state index in [0.29, 0.717) is 37.4 Å². The smallest absolute Gasteiger partial charge is 0.320 e. The van der Waals surface area contributed by atoms with E-state index < -0.39 is 17.4 Å². The van der Waals surface area contributed by atoms with Gasteiger partial charge in [0.05, 0.1) is 24.7 Å². The predicted octanol–water partition coefficient (Wildman–Crippen LogP) is 3.35. The highest BCUT2D eigenvalue weighted by Crippen LogP contribution is 2.40. The van der Waals surface area contributed by atoms with Gasteiger partial charge in [-0.1, -0.05) is 6.07 Å². The summed E-state index contributed by atoms with van der Waals surface area (Å²) in [5.74, 6) is 0.574. The lowest BCUT2D eigenvalue weighted by molar-refractivity contribution is -0.143. The molecule has 1 saturated heterocycles. The van der Waals surface area contributed by atoms with E-state index in [1.807, 2.05) is 23.1 Å². The van der Waals surface area contributed by atoms with Crippen molar-refractivity contribution in [1.29, 1.82) is 5.26 Å². The van der Waals surface area contributed by atoms with E-state index in [1.54, 1.807) is 14.0 Å². The number of carbonyl (C=O) groups is 1. The monoisotopic (exact) mass is 372 g/mol. The Morgan fingerprint density at radius 3 is 2.52 bits per heavy atom. The first-order valence-electron chi connectivity index (χ1n) is 9.72. The molecule has 0 aromatic heterocycles. The summed E-state index contributed by atoms with van der Waals surface area (Å²) >= 11 is 0. The van der Waals surface area contributed by atoms with E-state index in [0.717, 1.165) is 18.4 Å². The van der Waals surface area contributed by atoms with Crippen LogP contribution in [0.15, 0.2) is 18.2 Å². The number of likely N-dealkylation sites (tertiary alicyclic amines) is 1. The van der Waals surface area contributed by atoms with E-state index >= 15 is 0 Å². The Morgan fingerprint density at radius 1 is 1.30 bits per heavy atom. The molecule has 1 aliphatic carbocycles. The van der Waals surface area contributed by atoms with Gasteiger partial charge in [-0.25, -0.2) is 0 Å². The van der Waals surface area contributed by atoms with Crippen molar-refractivity contribution in [1.82, 2.24) is 4.90 Å². The number of ether oxygens (including phenoxy) is 2. The molecule has 0 spiro atoms. The van der Waals surface area contributed by atoms with Crippen LogP contribution < -0.4 is 9.47 Å². The van der Waals surface area contributed by atoms with Gasteiger partial charge in [0.25, 0.3) is 0 Å². The van der Waals surface area contributed by atoms with Gasteiger partial charge in [-0.3, -0.25) is 9.69 Å². The maximum absolute atomic E-state index is 11.2. The summed E-state index contributed by atoms with van der Waals surface area (Å²) in [5, 5.41) is 19.2. The third kappa shape index (κ3) is 4.03. The van der Waals surface area contributed by atoms with Crippen molar-refractivity contribution in [2.45, 2.75) is 63.0 Å². The molecule has 6 nitrogen and oxygen atoms in total. The summed E-state index contributed by atoms with van der Waals surface area (Å²) in [5.41, 5.74) is 0.316. The summed E-state index contributed by atoms with van der Waals surface area (Å²) in [6.45, 7) is 2.88. The molecule has 3 rings (SSSR count). The van der Waals surface area contributed by atoms with Crippen LogP contribution in [0, 0.1) is 11.3 Å². The van der Waals surface area contributed by atoms with E-state index in [1.165, 1.54) is 12.8 Å². The molecule has 6 heteroatoms. The van der Waals surface area contributed by atoms with Crippen LogP contribution >= 0.6 is 0 Å². The van der Waals surface area contributed by atoms with Crippen molar-refractivity contribution in [3.63, 3.8) is 0 Å². The quantitative estimate of drug-likeness (QED) is 0.825. The van der Waals surface area contributed by atoms with Gasteiger partial charge in [0.2, 0.25) is 0 Å². The summed E-state index contributed by atoms with van der Waals surface area (Å²) in [7, 11) is 1.63. The molecule has 1 aliphatic heterocycles. The number of methoxy groups -OCH3 is 1. The number of piperidine rings is 1. The minimum Gasteiger partial charge on any atom is -0.493 e. The Morgan fingerprint density at radius 2 is 1.96 bits per heavy atom. The van der Waals surface area contributed by atoms with Crippen LogP contribution in [0.4, 0.5) is 0 Å². The van der Waals surface area contributed by atoms with Gasteiger partial charge >= 0.3 is 5.97 Å². The molecule has 2 fully saturated rings. The Balaban J connectivity index is 1.81. The van der Waals surface area contributed by atoms with Crippen LogP contribution in [0.2, 0.25) is 0 Å². The molecule has 1 aromatic rings. The summed E-state index contributed by atoms with van der Waals surface area (Å²) in [6, 6.07) is 7.76. The van der Waals surface area contributed by atoms with E-state index in [9.17, 15) is 15.2 Å². The third-order valence-corrected chi connectivity index (χ3v) is 6.08. The number of hydrogen-bond donors (Lipinski definition) is 1. The Kier molecular flexibility index (Phi) is 5.91. The highest BCUT2D eigenvalue weighted by Gasteiger charge is 2.39.